The van der Waals surface area contributed by atoms with Crippen molar-refractivity contribution in [1.82, 2.24) is 9.97 Å². The summed E-state index contributed by atoms with van der Waals surface area (Å²) in [5, 5.41) is 13.0. The van der Waals surface area contributed by atoms with E-state index in [0.717, 1.165) is 12.1 Å². The summed E-state index contributed by atoms with van der Waals surface area (Å²) in [6.45, 7) is 1.43. The predicted molar refractivity (Wildman–Crippen MR) is 66.5 cm³/mol. The van der Waals surface area contributed by atoms with Crippen LogP contribution in [0.4, 0.5) is 14.7 Å². The van der Waals surface area contributed by atoms with Crippen LogP contribution < -0.4 is 5.32 Å². The van der Waals surface area contributed by atoms with Gasteiger partial charge in [0.25, 0.3) is 0 Å². The Hall–Kier alpha value is -2.08. The molecule has 0 amide bonds. The number of benzene rings is 1. The van der Waals surface area contributed by atoms with Gasteiger partial charge in [0.05, 0.1) is 6.54 Å². The molecule has 4 nitrogen and oxygen atoms in total. The SMILES string of the molecule is CC(O)(CNc1ncccn1)c1ccc(F)cc1F. The summed E-state index contributed by atoms with van der Waals surface area (Å²) in [5.74, 6) is -1.15. The number of nitrogens with one attached hydrogen (secondary N) is 1. The van der Waals surface area contributed by atoms with Crippen molar-refractivity contribution in [2.45, 2.75) is 12.5 Å². The summed E-state index contributed by atoms with van der Waals surface area (Å²) in [6, 6.07) is 4.72. The number of rotatable bonds is 4. The van der Waals surface area contributed by atoms with Gasteiger partial charge >= 0.3 is 0 Å². The highest BCUT2D eigenvalue weighted by Gasteiger charge is 2.26. The predicted octanol–water partition coefficient (Wildman–Crippen LogP) is 2.07. The molecule has 0 aliphatic rings. The number of nitrogens with zero attached hydrogens (tertiary/aromatic N) is 2. The Morgan fingerprint density at radius 3 is 2.58 bits per heavy atom. The summed E-state index contributed by atoms with van der Waals surface area (Å²) >= 11 is 0. The van der Waals surface area contributed by atoms with Gasteiger partial charge in [0.1, 0.15) is 17.2 Å². The van der Waals surface area contributed by atoms with Gasteiger partial charge in [-0.05, 0) is 19.1 Å². The molecule has 2 rings (SSSR count). The lowest BCUT2D eigenvalue weighted by atomic mass is 9.95. The summed E-state index contributed by atoms with van der Waals surface area (Å²) in [4.78, 5) is 7.85. The van der Waals surface area contributed by atoms with Crippen LogP contribution >= 0.6 is 0 Å². The highest BCUT2D eigenvalue weighted by atomic mass is 19.1. The largest absolute Gasteiger partial charge is 0.383 e. The van der Waals surface area contributed by atoms with Crippen LogP contribution in [0.1, 0.15) is 12.5 Å². The van der Waals surface area contributed by atoms with Gasteiger partial charge in [-0.25, -0.2) is 18.7 Å². The fourth-order valence-corrected chi connectivity index (χ4v) is 1.66. The van der Waals surface area contributed by atoms with Crippen molar-refractivity contribution in [2.24, 2.45) is 0 Å². The second kappa shape index (κ2) is 5.27. The van der Waals surface area contributed by atoms with E-state index in [1.54, 1.807) is 18.5 Å². The molecule has 1 aromatic carbocycles. The van der Waals surface area contributed by atoms with Crippen LogP contribution in [0, 0.1) is 11.6 Å². The summed E-state index contributed by atoms with van der Waals surface area (Å²) < 4.78 is 26.4. The smallest absolute Gasteiger partial charge is 0.222 e. The molecule has 0 bridgehead atoms. The first-order valence-corrected chi connectivity index (χ1v) is 5.68. The summed E-state index contributed by atoms with van der Waals surface area (Å²) in [7, 11) is 0. The van der Waals surface area contributed by atoms with Crippen molar-refractivity contribution >= 4 is 5.95 Å². The number of anilines is 1. The molecule has 6 heteroatoms. The zero-order valence-electron chi connectivity index (χ0n) is 10.3. The second-order valence-corrected chi connectivity index (χ2v) is 4.32. The Labute approximate surface area is 109 Å². The van der Waals surface area contributed by atoms with Crippen LogP contribution in [0.5, 0.6) is 0 Å². The van der Waals surface area contributed by atoms with Crippen molar-refractivity contribution in [3.05, 3.63) is 53.9 Å². The molecule has 100 valence electrons. The van der Waals surface area contributed by atoms with E-state index in [9.17, 15) is 13.9 Å². The van der Waals surface area contributed by atoms with E-state index in [0.29, 0.717) is 5.95 Å². The van der Waals surface area contributed by atoms with E-state index in [4.69, 9.17) is 0 Å². The lowest BCUT2D eigenvalue weighted by Gasteiger charge is -2.24. The summed E-state index contributed by atoms with van der Waals surface area (Å²) in [6.07, 6.45) is 3.09. The number of hydrogen-bond donors (Lipinski definition) is 2. The zero-order valence-corrected chi connectivity index (χ0v) is 10.3. The molecule has 0 radical (unpaired) electrons. The standard InChI is InChI=1S/C13H13F2N3O/c1-13(19,8-18-12-16-5-2-6-17-12)10-4-3-9(14)7-11(10)15/h2-7,19H,8H2,1H3,(H,16,17,18). The van der Waals surface area contributed by atoms with Gasteiger partial charge in [-0.15, -0.1) is 0 Å². The average molecular weight is 265 g/mol. The molecule has 1 heterocycles. The van der Waals surface area contributed by atoms with Crippen LogP contribution in [0.25, 0.3) is 0 Å². The van der Waals surface area contributed by atoms with Gasteiger partial charge in [-0.3, -0.25) is 0 Å². The molecule has 1 unspecified atom stereocenters. The number of aromatic nitrogens is 2. The van der Waals surface area contributed by atoms with E-state index in [2.05, 4.69) is 15.3 Å². The molecule has 0 saturated carbocycles. The maximum atomic E-state index is 13.6. The Morgan fingerprint density at radius 1 is 1.26 bits per heavy atom. The van der Waals surface area contributed by atoms with E-state index >= 15 is 0 Å². The molecule has 0 aliphatic carbocycles. The van der Waals surface area contributed by atoms with Gasteiger partial charge < -0.3 is 10.4 Å². The first-order valence-electron chi connectivity index (χ1n) is 5.68. The normalized spacial score (nSPS) is 13.9. The lowest BCUT2D eigenvalue weighted by Crippen LogP contribution is -2.32. The number of halogens is 2. The van der Waals surface area contributed by atoms with Gasteiger partial charge in [-0.2, -0.15) is 0 Å². The van der Waals surface area contributed by atoms with Gasteiger partial charge in [0, 0.05) is 24.0 Å². The molecule has 1 atom stereocenters. The van der Waals surface area contributed by atoms with Crippen LogP contribution in [0.2, 0.25) is 0 Å². The van der Waals surface area contributed by atoms with Crippen LogP contribution in [-0.4, -0.2) is 21.6 Å². The minimum absolute atomic E-state index is 0.000431. The topological polar surface area (TPSA) is 58.0 Å². The van der Waals surface area contributed by atoms with Crippen molar-refractivity contribution in [3.8, 4) is 0 Å². The molecule has 0 spiro atoms. The number of aliphatic hydroxyl groups is 1. The second-order valence-electron chi connectivity index (χ2n) is 4.32. The first kappa shape index (κ1) is 13.4. The molecule has 1 aromatic heterocycles. The van der Waals surface area contributed by atoms with E-state index < -0.39 is 17.2 Å². The minimum Gasteiger partial charge on any atom is -0.383 e. The quantitative estimate of drug-likeness (QED) is 0.888. The molecule has 19 heavy (non-hydrogen) atoms. The van der Waals surface area contributed by atoms with E-state index in [1.807, 2.05) is 0 Å². The highest BCUT2D eigenvalue weighted by molar-refractivity contribution is 5.29. The molecule has 2 N–H and O–H groups in total. The monoisotopic (exact) mass is 265 g/mol. The average Bonchev–Trinajstić information content (AvgIpc) is 2.37. The first-order chi connectivity index (χ1) is 8.99. The highest BCUT2D eigenvalue weighted by Crippen LogP contribution is 2.24. The Bertz CT molecular complexity index is 561. The lowest BCUT2D eigenvalue weighted by molar-refractivity contribution is 0.0673. The van der Waals surface area contributed by atoms with Gasteiger partial charge in [0.2, 0.25) is 5.95 Å². The zero-order chi connectivity index (χ0) is 13.9. The summed E-state index contributed by atoms with van der Waals surface area (Å²) in [5.41, 5.74) is -1.49. The van der Waals surface area contributed by atoms with Crippen molar-refractivity contribution < 1.29 is 13.9 Å². The maximum absolute atomic E-state index is 13.6. The van der Waals surface area contributed by atoms with E-state index in [-0.39, 0.29) is 12.1 Å². The van der Waals surface area contributed by atoms with Crippen molar-refractivity contribution in [2.75, 3.05) is 11.9 Å². The third-order valence-corrected chi connectivity index (χ3v) is 2.67. The molecule has 0 saturated heterocycles. The Morgan fingerprint density at radius 2 is 1.95 bits per heavy atom. The van der Waals surface area contributed by atoms with Crippen LogP contribution in [-0.2, 0) is 5.60 Å². The van der Waals surface area contributed by atoms with E-state index in [1.165, 1.54) is 13.0 Å². The molecular weight excluding hydrogens is 252 g/mol. The van der Waals surface area contributed by atoms with Gasteiger partial charge in [0.15, 0.2) is 0 Å². The minimum atomic E-state index is -1.50. The van der Waals surface area contributed by atoms with Gasteiger partial charge in [-0.1, -0.05) is 6.07 Å². The molecule has 2 aromatic rings. The van der Waals surface area contributed by atoms with Crippen molar-refractivity contribution in [3.63, 3.8) is 0 Å². The molecular formula is C13H13F2N3O. The Kier molecular flexibility index (Phi) is 3.71. The fourth-order valence-electron chi connectivity index (χ4n) is 1.66. The third kappa shape index (κ3) is 3.23. The fraction of sp³-hybridized carbons (Fsp3) is 0.231. The maximum Gasteiger partial charge on any atom is 0.222 e. The van der Waals surface area contributed by atoms with Crippen molar-refractivity contribution in [1.29, 1.82) is 0 Å². The van der Waals surface area contributed by atoms with Crippen LogP contribution in [0.15, 0.2) is 36.7 Å². The van der Waals surface area contributed by atoms with Crippen LogP contribution in [0.3, 0.4) is 0 Å². The number of hydrogen-bond acceptors (Lipinski definition) is 4. The Balaban J connectivity index is 2.13. The molecule has 0 aliphatic heterocycles. The molecule has 0 fully saturated rings. The third-order valence-electron chi connectivity index (χ3n) is 2.67.